The number of rotatable bonds is 6. The predicted molar refractivity (Wildman–Crippen MR) is 100 cm³/mol. The Balaban J connectivity index is 1.69. The molecule has 3 rings (SSSR count). The lowest BCUT2D eigenvalue weighted by molar-refractivity contribution is -0.113. The van der Waals surface area contributed by atoms with Crippen LogP contribution in [0.15, 0.2) is 65.7 Å². The van der Waals surface area contributed by atoms with E-state index in [1.54, 1.807) is 18.2 Å². The minimum Gasteiger partial charge on any atom is -0.322 e. The Hall–Kier alpha value is -3.53. The van der Waals surface area contributed by atoms with Crippen LogP contribution in [0.5, 0.6) is 0 Å². The van der Waals surface area contributed by atoms with Gasteiger partial charge in [-0.1, -0.05) is 18.2 Å². The summed E-state index contributed by atoms with van der Waals surface area (Å²) >= 11 is 0. The molecule has 144 valence electrons. The molecule has 8 nitrogen and oxygen atoms in total. The number of carbonyl (C=O) groups excluding carboxylic acids is 2. The van der Waals surface area contributed by atoms with Gasteiger partial charge in [0.1, 0.15) is 17.3 Å². The Bertz CT molecular complexity index is 1100. The number of anilines is 2. The minimum absolute atomic E-state index is 0.0200. The normalized spacial score (nSPS) is 11.0. The van der Waals surface area contributed by atoms with E-state index in [2.05, 4.69) is 20.8 Å². The highest BCUT2D eigenvalue weighted by Gasteiger charge is 2.22. The van der Waals surface area contributed by atoms with Crippen LogP contribution in [0.2, 0.25) is 0 Å². The Morgan fingerprint density at radius 2 is 1.68 bits per heavy atom. The van der Waals surface area contributed by atoms with E-state index < -0.39 is 33.2 Å². The maximum atomic E-state index is 12.9. The van der Waals surface area contributed by atoms with Gasteiger partial charge in [-0.15, -0.1) is 0 Å². The third-order valence-electron chi connectivity index (χ3n) is 3.67. The van der Waals surface area contributed by atoms with Crippen molar-refractivity contribution in [3.63, 3.8) is 0 Å². The van der Waals surface area contributed by atoms with Gasteiger partial charge in [0.15, 0.2) is 9.84 Å². The lowest BCUT2D eigenvalue weighted by Gasteiger charge is -2.08. The van der Waals surface area contributed by atoms with Crippen molar-refractivity contribution < 1.29 is 22.4 Å². The zero-order valence-electron chi connectivity index (χ0n) is 14.3. The van der Waals surface area contributed by atoms with Crippen LogP contribution in [0, 0.1) is 5.82 Å². The van der Waals surface area contributed by atoms with Crippen LogP contribution in [-0.2, 0) is 14.6 Å². The number of nitrogens with zero attached hydrogens (tertiary/aromatic N) is 1. The molecule has 0 atom stereocenters. The van der Waals surface area contributed by atoms with Crippen molar-refractivity contribution >= 4 is 33.0 Å². The maximum absolute atomic E-state index is 12.9. The molecule has 0 bridgehead atoms. The van der Waals surface area contributed by atoms with E-state index >= 15 is 0 Å². The van der Waals surface area contributed by atoms with Crippen molar-refractivity contribution in [2.75, 3.05) is 16.4 Å². The first kappa shape index (κ1) is 19.2. The number of aromatic amines is 1. The molecule has 10 heteroatoms. The first-order valence-electron chi connectivity index (χ1n) is 8.03. The predicted octanol–water partition coefficient (Wildman–Crippen LogP) is 2.21. The molecule has 0 unspecified atom stereocenters. The van der Waals surface area contributed by atoms with Crippen molar-refractivity contribution in [2.24, 2.45) is 0 Å². The summed E-state index contributed by atoms with van der Waals surface area (Å²) in [4.78, 5) is 24.5. The Morgan fingerprint density at radius 1 is 1.00 bits per heavy atom. The van der Waals surface area contributed by atoms with E-state index in [-0.39, 0.29) is 16.3 Å². The lowest BCUT2D eigenvalue weighted by atomic mass is 10.3. The summed E-state index contributed by atoms with van der Waals surface area (Å²) in [6.07, 6.45) is 1.19. The van der Waals surface area contributed by atoms with Gasteiger partial charge in [0.05, 0.1) is 16.8 Å². The zero-order chi connectivity index (χ0) is 20.1. The number of aromatic nitrogens is 2. The number of hydrogen-bond donors (Lipinski definition) is 3. The molecule has 0 aliphatic carbocycles. The summed E-state index contributed by atoms with van der Waals surface area (Å²) in [5.74, 6) is -2.69. The molecule has 2 aromatic carbocycles. The number of halogens is 1. The van der Waals surface area contributed by atoms with Gasteiger partial charge in [0, 0.05) is 5.69 Å². The van der Waals surface area contributed by atoms with Crippen molar-refractivity contribution in [2.45, 2.75) is 4.90 Å². The average Bonchev–Trinajstić information content (AvgIpc) is 3.12. The van der Waals surface area contributed by atoms with E-state index in [0.29, 0.717) is 5.69 Å². The highest BCUT2D eigenvalue weighted by molar-refractivity contribution is 7.92. The number of H-pyrrole nitrogens is 1. The third-order valence-corrected chi connectivity index (χ3v) is 5.30. The van der Waals surface area contributed by atoms with Gasteiger partial charge in [-0.3, -0.25) is 14.7 Å². The second kappa shape index (κ2) is 8.01. The molecule has 0 fully saturated rings. The van der Waals surface area contributed by atoms with Gasteiger partial charge in [-0.25, -0.2) is 12.8 Å². The van der Waals surface area contributed by atoms with Gasteiger partial charge in [-0.05, 0) is 36.4 Å². The van der Waals surface area contributed by atoms with E-state index in [4.69, 9.17) is 0 Å². The van der Waals surface area contributed by atoms with Crippen LogP contribution in [-0.4, -0.2) is 36.2 Å². The molecule has 0 aliphatic heterocycles. The quantitative estimate of drug-likeness (QED) is 0.584. The molecule has 1 heterocycles. The summed E-state index contributed by atoms with van der Waals surface area (Å²) in [7, 11) is -3.83. The molecular weight excluding hydrogens is 387 g/mol. The Kier molecular flexibility index (Phi) is 5.50. The van der Waals surface area contributed by atoms with Crippen molar-refractivity contribution in [3.8, 4) is 0 Å². The maximum Gasteiger partial charge on any atom is 0.275 e. The molecule has 28 heavy (non-hydrogen) atoms. The van der Waals surface area contributed by atoms with E-state index in [9.17, 15) is 22.4 Å². The number of benzene rings is 2. The number of carbonyl (C=O) groups is 2. The second-order valence-corrected chi connectivity index (χ2v) is 7.73. The minimum atomic E-state index is -3.83. The molecule has 0 aliphatic rings. The fourth-order valence-corrected chi connectivity index (χ4v) is 3.51. The van der Waals surface area contributed by atoms with Crippen LogP contribution in [0.3, 0.4) is 0 Å². The van der Waals surface area contributed by atoms with Crippen molar-refractivity contribution in [1.82, 2.24) is 10.2 Å². The van der Waals surface area contributed by atoms with Crippen LogP contribution in [0.4, 0.5) is 15.8 Å². The van der Waals surface area contributed by atoms with E-state index in [1.807, 2.05) is 0 Å². The fourth-order valence-electron chi connectivity index (χ4n) is 2.35. The summed E-state index contributed by atoms with van der Waals surface area (Å²) in [5.41, 5.74) is 0.285. The monoisotopic (exact) mass is 402 g/mol. The fraction of sp³-hybridized carbons (Fsp3) is 0.0556. The highest BCUT2D eigenvalue weighted by Crippen LogP contribution is 2.16. The molecular formula is C18H15FN4O4S. The number of hydrogen-bond acceptors (Lipinski definition) is 5. The smallest absolute Gasteiger partial charge is 0.275 e. The lowest BCUT2D eigenvalue weighted by Crippen LogP contribution is -2.24. The first-order chi connectivity index (χ1) is 13.3. The van der Waals surface area contributed by atoms with E-state index in [1.165, 1.54) is 42.6 Å². The summed E-state index contributed by atoms with van der Waals surface area (Å²) < 4.78 is 37.5. The molecule has 2 amide bonds. The standard InChI is InChI=1S/C18H15FN4O4S/c19-12-6-8-13(9-7-12)21-18(25)17-15(10-20-23-17)22-16(24)11-28(26,27)14-4-2-1-3-5-14/h1-10H,11H2,(H,20,23)(H,21,25)(H,22,24). The zero-order valence-corrected chi connectivity index (χ0v) is 15.2. The molecule has 0 saturated carbocycles. The van der Waals surface area contributed by atoms with E-state index in [0.717, 1.165) is 0 Å². The highest BCUT2D eigenvalue weighted by atomic mass is 32.2. The van der Waals surface area contributed by atoms with Gasteiger partial charge in [0.25, 0.3) is 5.91 Å². The van der Waals surface area contributed by atoms with Crippen LogP contribution in [0.25, 0.3) is 0 Å². The molecule has 3 aromatic rings. The summed E-state index contributed by atoms with van der Waals surface area (Å²) in [6.45, 7) is 0. The van der Waals surface area contributed by atoms with Crippen LogP contribution >= 0.6 is 0 Å². The van der Waals surface area contributed by atoms with Gasteiger partial charge in [0.2, 0.25) is 5.91 Å². The second-order valence-electron chi connectivity index (χ2n) is 5.74. The Labute approximate surface area is 159 Å². The van der Waals surface area contributed by atoms with Crippen molar-refractivity contribution in [1.29, 1.82) is 0 Å². The molecule has 0 spiro atoms. The molecule has 1 aromatic heterocycles. The molecule has 0 saturated heterocycles. The number of nitrogens with one attached hydrogen (secondary N) is 3. The first-order valence-corrected chi connectivity index (χ1v) is 9.68. The van der Waals surface area contributed by atoms with Crippen molar-refractivity contribution in [3.05, 3.63) is 72.3 Å². The van der Waals surface area contributed by atoms with Gasteiger partial charge < -0.3 is 10.6 Å². The number of amides is 2. The van der Waals surface area contributed by atoms with Crippen LogP contribution in [0.1, 0.15) is 10.5 Å². The molecule has 0 radical (unpaired) electrons. The summed E-state index contributed by atoms with van der Waals surface area (Å²) in [6, 6.07) is 12.7. The van der Waals surface area contributed by atoms with Crippen LogP contribution < -0.4 is 10.6 Å². The van der Waals surface area contributed by atoms with Gasteiger partial charge in [-0.2, -0.15) is 5.10 Å². The SMILES string of the molecule is O=C(CS(=O)(=O)c1ccccc1)Nc1cn[nH]c1C(=O)Nc1ccc(F)cc1. The Morgan fingerprint density at radius 3 is 2.36 bits per heavy atom. The third kappa shape index (κ3) is 4.60. The average molecular weight is 402 g/mol. The largest absolute Gasteiger partial charge is 0.322 e. The summed E-state index contributed by atoms with van der Waals surface area (Å²) in [5, 5.41) is 11.0. The van der Waals surface area contributed by atoms with Gasteiger partial charge >= 0.3 is 0 Å². The number of sulfone groups is 1. The molecule has 3 N–H and O–H groups in total. The topological polar surface area (TPSA) is 121 Å².